The van der Waals surface area contributed by atoms with Crippen molar-refractivity contribution in [3.8, 4) is 11.4 Å². The van der Waals surface area contributed by atoms with E-state index in [1.165, 1.54) is 0 Å². The third kappa shape index (κ3) is 2.27. The van der Waals surface area contributed by atoms with E-state index in [0.717, 1.165) is 10.6 Å². The standard InChI is InChI=1S/C10H9F3N4O2S/c1-2-17-9(15-16-10(17)20(14,18)19)5-3-4-6(11)8(13)7(5)12/h3-4H,2H2,1H3,(H2,14,18,19). The highest BCUT2D eigenvalue weighted by molar-refractivity contribution is 7.89. The van der Waals surface area contributed by atoms with Crippen molar-refractivity contribution in [2.75, 3.05) is 0 Å². The molecule has 2 rings (SSSR count). The largest absolute Gasteiger partial charge is 0.297 e. The summed E-state index contributed by atoms with van der Waals surface area (Å²) in [5, 5.41) is 11.2. The van der Waals surface area contributed by atoms with E-state index in [0.29, 0.717) is 6.07 Å². The summed E-state index contributed by atoms with van der Waals surface area (Å²) in [6, 6.07) is 1.65. The van der Waals surface area contributed by atoms with Gasteiger partial charge in [-0.1, -0.05) is 0 Å². The molecule has 2 aromatic rings. The number of nitrogens with two attached hydrogens (primary N) is 1. The Kier molecular flexibility index (Phi) is 3.52. The van der Waals surface area contributed by atoms with Gasteiger partial charge in [0.1, 0.15) is 0 Å². The van der Waals surface area contributed by atoms with E-state index in [4.69, 9.17) is 5.14 Å². The van der Waals surface area contributed by atoms with Crippen LogP contribution in [-0.4, -0.2) is 23.2 Å². The lowest BCUT2D eigenvalue weighted by atomic mass is 10.2. The molecule has 0 saturated heterocycles. The lowest BCUT2D eigenvalue weighted by molar-refractivity contribution is 0.448. The molecule has 0 spiro atoms. The highest BCUT2D eigenvalue weighted by Crippen LogP contribution is 2.25. The number of aromatic nitrogens is 3. The summed E-state index contributed by atoms with van der Waals surface area (Å²) in [5.41, 5.74) is -0.409. The van der Waals surface area contributed by atoms with Crippen LogP contribution < -0.4 is 5.14 Å². The van der Waals surface area contributed by atoms with Gasteiger partial charge in [0.25, 0.3) is 15.2 Å². The van der Waals surface area contributed by atoms with Gasteiger partial charge in [-0.15, -0.1) is 10.2 Å². The Morgan fingerprint density at radius 3 is 2.40 bits per heavy atom. The van der Waals surface area contributed by atoms with Crippen LogP contribution in [0.25, 0.3) is 11.4 Å². The number of nitrogens with zero attached hydrogens (tertiary/aromatic N) is 3. The van der Waals surface area contributed by atoms with Crippen LogP contribution >= 0.6 is 0 Å². The third-order valence-electron chi connectivity index (χ3n) is 2.56. The maximum absolute atomic E-state index is 13.7. The van der Waals surface area contributed by atoms with Crippen molar-refractivity contribution in [1.82, 2.24) is 14.8 Å². The minimum atomic E-state index is -4.16. The van der Waals surface area contributed by atoms with Crippen LogP contribution in [0.15, 0.2) is 17.3 Å². The molecule has 1 aromatic heterocycles. The van der Waals surface area contributed by atoms with Crippen molar-refractivity contribution < 1.29 is 21.6 Å². The van der Waals surface area contributed by atoms with E-state index in [1.54, 1.807) is 6.92 Å². The second-order valence-corrected chi connectivity index (χ2v) is 5.27. The lowest BCUT2D eigenvalue weighted by Crippen LogP contribution is -2.18. The van der Waals surface area contributed by atoms with Gasteiger partial charge in [0.15, 0.2) is 23.3 Å². The monoisotopic (exact) mass is 306 g/mol. The Morgan fingerprint density at radius 2 is 1.85 bits per heavy atom. The van der Waals surface area contributed by atoms with Crippen molar-refractivity contribution >= 4 is 10.0 Å². The summed E-state index contributed by atoms with van der Waals surface area (Å²) >= 11 is 0. The van der Waals surface area contributed by atoms with Crippen molar-refractivity contribution in [3.63, 3.8) is 0 Å². The maximum Gasteiger partial charge on any atom is 0.273 e. The van der Waals surface area contributed by atoms with Gasteiger partial charge in [-0.25, -0.2) is 26.7 Å². The summed E-state index contributed by atoms with van der Waals surface area (Å²) in [4.78, 5) is 0. The number of benzene rings is 1. The Hall–Kier alpha value is -1.94. The fourth-order valence-electron chi connectivity index (χ4n) is 1.68. The molecule has 1 heterocycles. The Balaban J connectivity index is 2.72. The molecule has 0 aliphatic carbocycles. The zero-order valence-electron chi connectivity index (χ0n) is 10.1. The van der Waals surface area contributed by atoms with Crippen LogP contribution in [-0.2, 0) is 16.6 Å². The molecule has 0 atom stereocenters. The van der Waals surface area contributed by atoms with Crippen molar-refractivity contribution in [3.05, 3.63) is 29.6 Å². The van der Waals surface area contributed by atoms with Crippen LogP contribution in [0.3, 0.4) is 0 Å². The average Bonchev–Trinajstić information content (AvgIpc) is 2.79. The molecule has 1 aromatic carbocycles. The maximum atomic E-state index is 13.7. The van der Waals surface area contributed by atoms with E-state index in [2.05, 4.69) is 10.2 Å². The summed E-state index contributed by atoms with van der Waals surface area (Å²) in [6.45, 7) is 1.59. The smallest absolute Gasteiger partial charge is 0.273 e. The molecule has 0 bridgehead atoms. The Morgan fingerprint density at radius 1 is 1.20 bits per heavy atom. The molecule has 10 heteroatoms. The zero-order chi connectivity index (χ0) is 15.1. The molecule has 0 fully saturated rings. The molecular weight excluding hydrogens is 297 g/mol. The number of sulfonamides is 1. The van der Waals surface area contributed by atoms with E-state index < -0.39 is 38.2 Å². The van der Waals surface area contributed by atoms with Gasteiger partial charge in [0, 0.05) is 6.54 Å². The van der Waals surface area contributed by atoms with Crippen LogP contribution in [0, 0.1) is 17.5 Å². The first-order chi connectivity index (χ1) is 9.27. The van der Waals surface area contributed by atoms with Gasteiger partial charge in [-0.2, -0.15) is 0 Å². The van der Waals surface area contributed by atoms with Crippen LogP contribution in [0.4, 0.5) is 13.2 Å². The number of primary sulfonamides is 1. The number of hydrogen-bond donors (Lipinski definition) is 1. The minimum absolute atomic E-state index is 0.0481. The summed E-state index contributed by atoms with van der Waals surface area (Å²) in [5.74, 6) is -4.77. The molecule has 0 aliphatic rings. The molecule has 0 unspecified atom stereocenters. The topological polar surface area (TPSA) is 90.9 Å². The predicted octanol–water partition coefficient (Wildman–Crippen LogP) is 1.03. The molecule has 2 N–H and O–H groups in total. The highest BCUT2D eigenvalue weighted by atomic mass is 32.2. The fraction of sp³-hybridized carbons (Fsp3) is 0.200. The average molecular weight is 306 g/mol. The normalized spacial score (nSPS) is 11.8. The van der Waals surface area contributed by atoms with Gasteiger partial charge in [0.2, 0.25) is 0 Å². The first-order valence-corrected chi connectivity index (χ1v) is 6.91. The molecule has 0 amide bonds. The SMILES string of the molecule is CCn1c(-c2ccc(F)c(F)c2F)nnc1S(N)(=O)=O. The summed E-state index contributed by atoms with van der Waals surface area (Å²) < 4.78 is 63.3. The van der Waals surface area contributed by atoms with Crippen LogP contribution in [0.5, 0.6) is 0 Å². The van der Waals surface area contributed by atoms with E-state index in [1.807, 2.05) is 0 Å². The molecule has 6 nitrogen and oxygen atoms in total. The van der Waals surface area contributed by atoms with E-state index in [9.17, 15) is 21.6 Å². The molecule has 0 radical (unpaired) electrons. The van der Waals surface area contributed by atoms with E-state index >= 15 is 0 Å². The first kappa shape index (κ1) is 14.5. The number of halogens is 3. The van der Waals surface area contributed by atoms with Gasteiger partial charge < -0.3 is 0 Å². The fourth-order valence-corrected chi connectivity index (χ4v) is 2.36. The van der Waals surface area contributed by atoms with Gasteiger partial charge in [-0.05, 0) is 19.1 Å². The highest BCUT2D eigenvalue weighted by Gasteiger charge is 2.24. The van der Waals surface area contributed by atoms with Crippen molar-refractivity contribution in [2.24, 2.45) is 5.14 Å². The van der Waals surface area contributed by atoms with E-state index in [-0.39, 0.29) is 12.4 Å². The van der Waals surface area contributed by atoms with Gasteiger partial charge >= 0.3 is 0 Å². The Bertz CT molecular complexity index is 773. The van der Waals surface area contributed by atoms with Crippen LogP contribution in [0.2, 0.25) is 0 Å². The lowest BCUT2D eigenvalue weighted by Gasteiger charge is -2.07. The van der Waals surface area contributed by atoms with Gasteiger partial charge in [0.05, 0.1) is 5.56 Å². The minimum Gasteiger partial charge on any atom is -0.297 e. The molecule has 20 heavy (non-hydrogen) atoms. The second kappa shape index (κ2) is 4.87. The second-order valence-electron chi connectivity index (χ2n) is 3.82. The molecule has 0 saturated carbocycles. The van der Waals surface area contributed by atoms with Crippen molar-refractivity contribution in [1.29, 1.82) is 0 Å². The predicted molar refractivity (Wildman–Crippen MR) is 62.4 cm³/mol. The number of hydrogen-bond acceptors (Lipinski definition) is 4. The quantitative estimate of drug-likeness (QED) is 0.857. The zero-order valence-corrected chi connectivity index (χ0v) is 11.0. The molecule has 108 valence electrons. The van der Waals surface area contributed by atoms with Crippen LogP contribution in [0.1, 0.15) is 6.92 Å². The Labute approximate surface area is 112 Å². The number of rotatable bonds is 3. The van der Waals surface area contributed by atoms with Crippen molar-refractivity contribution in [2.45, 2.75) is 18.6 Å². The van der Waals surface area contributed by atoms with Gasteiger partial charge in [-0.3, -0.25) is 4.57 Å². The first-order valence-electron chi connectivity index (χ1n) is 5.37. The molecular formula is C10H9F3N4O2S. The summed E-state index contributed by atoms with van der Waals surface area (Å²) in [7, 11) is -4.16. The summed E-state index contributed by atoms with van der Waals surface area (Å²) in [6.07, 6.45) is 0. The third-order valence-corrected chi connectivity index (χ3v) is 3.37. The molecule has 0 aliphatic heterocycles.